The third-order valence-electron chi connectivity index (χ3n) is 2.64. The van der Waals surface area contributed by atoms with Gasteiger partial charge in [0, 0.05) is 26.7 Å². The predicted molar refractivity (Wildman–Crippen MR) is 50.7 cm³/mol. The fourth-order valence-corrected chi connectivity index (χ4v) is 1.79. The summed E-state index contributed by atoms with van der Waals surface area (Å²) in [6.07, 6.45) is 2.19. The summed E-state index contributed by atoms with van der Waals surface area (Å²) in [4.78, 5) is 13.2. The monoisotopic (exact) mass is 186 g/mol. The summed E-state index contributed by atoms with van der Waals surface area (Å²) < 4.78 is 5.26. The van der Waals surface area contributed by atoms with Crippen LogP contribution in [0, 0.1) is 0 Å². The number of hydrogen-bond acceptors (Lipinski definition) is 2. The van der Waals surface area contributed by atoms with Crippen molar-refractivity contribution in [1.82, 2.24) is 10.2 Å². The Balaban J connectivity index is 2.48. The van der Waals surface area contributed by atoms with Crippen LogP contribution in [0.1, 0.15) is 19.8 Å². The molecule has 2 atom stereocenters. The summed E-state index contributed by atoms with van der Waals surface area (Å²) in [5.74, 6) is 0. The fourth-order valence-electron chi connectivity index (χ4n) is 1.79. The van der Waals surface area contributed by atoms with E-state index in [1.807, 2.05) is 4.90 Å². The second kappa shape index (κ2) is 4.46. The van der Waals surface area contributed by atoms with Crippen LogP contribution in [0.25, 0.3) is 0 Å². The second-order valence-corrected chi connectivity index (χ2v) is 3.48. The van der Waals surface area contributed by atoms with Gasteiger partial charge in [0.05, 0.1) is 6.10 Å². The van der Waals surface area contributed by atoms with Crippen LogP contribution in [-0.4, -0.2) is 43.8 Å². The number of likely N-dealkylation sites (tertiary alicyclic amines) is 1. The fraction of sp³-hybridized carbons (Fsp3) is 0.889. The average molecular weight is 186 g/mol. The van der Waals surface area contributed by atoms with Gasteiger partial charge in [-0.25, -0.2) is 4.79 Å². The number of methoxy groups -OCH3 is 1. The first-order valence-electron chi connectivity index (χ1n) is 4.70. The molecule has 0 radical (unpaired) electrons. The molecule has 1 saturated heterocycles. The molecule has 1 aliphatic rings. The summed E-state index contributed by atoms with van der Waals surface area (Å²) in [5, 5.41) is 2.64. The molecular weight excluding hydrogens is 168 g/mol. The highest BCUT2D eigenvalue weighted by molar-refractivity contribution is 5.74. The van der Waals surface area contributed by atoms with Crippen LogP contribution in [0.15, 0.2) is 0 Å². The van der Waals surface area contributed by atoms with E-state index in [4.69, 9.17) is 4.74 Å². The van der Waals surface area contributed by atoms with Gasteiger partial charge in [0.2, 0.25) is 0 Å². The average Bonchev–Trinajstić information content (AvgIpc) is 2.16. The molecular formula is C9H18N2O2. The van der Waals surface area contributed by atoms with Crippen LogP contribution in [0.5, 0.6) is 0 Å². The van der Waals surface area contributed by atoms with Crippen LogP contribution >= 0.6 is 0 Å². The molecule has 1 aliphatic heterocycles. The number of nitrogens with zero attached hydrogens (tertiary/aromatic N) is 1. The topological polar surface area (TPSA) is 41.6 Å². The lowest BCUT2D eigenvalue weighted by molar-refractivity contribution is 0.0296. The molecule has 4 heteroatoms. The van der Waals surface area contributed by atoms with E-state index in [1.54, 1.807) is 14.2 Å². The van der Waals surface area contributed by atoms with Gasteiger partial charge in [0.1, 0.15) is 0 Å². The minimum Gasteiger partial charge on any atom is -0.381 e. The van der Waals surface area contributed by atoms with E-state index in [0.717, 1.165) is 19.4 Å². The van der Waals surface area contributed by atoms with Crippen molar-refractivity contribution >= 4 is 6.03 Å². The molecule has 0 aromatic heterocycles. The molecule has 4 nitrogen and oxygen atoms in total. The van der Waals surface area contributed by atoms with Crippen LogP contribution in [0.3, 0.4) is 0 Å². The van der Waals surface area contributed by atoms with Gasteiger partial charge in [-0.3, -0.25) is 0 Å². The van der Waals surface area contributed by atoms with Crippen LogP contribution in [-0.2, 0) is 4.74 Å². The molecule has 0 aromatic rings. The first-order valence-corrected chi connectivity index (χ1v) is 4.70. The Hall–Kier alpha value is -0.770. The number of carbonyl (C=O) groups is 1. The highest BCUT2D eigenvalue weighted by Gasteiger charge is 2.27. The highest BCUT2D eigenvalue weighted by Crippen LogP contribution is 2.18. The first kappa shape index (κ1) is 10.3. The molecule has 0 spiro atoms. The van der Waals surface area contributed by atoms with E-state index < -0.39 is 0 Å². The predicted octanol–water partition coefficient (Wildman–Crippen LogP) is 0.825. The zero-order valence-corrected chi connectivity index (χ0v) is 8.54. The number of piperidine rings is 1. The number of hydrogen-bond donors (Lipinski definition) is 1. The Morgan fingerprint density at radius 1 is 1.62 bits per heavy atom. The second-order valence-electron chi connectivity index (χ2n) is 3.48. The molecule has 2 unspecified atom stereocenters. The maximum Gasteiger partial charge on any atom is 0.317 e. The zero-order chi connectivity index (χ0) is 9.84. The molecule has 1 rings (SSSR count). The van der Waals surface area contributed by atoms with Crippen molar-refractivity contribution in [1.29, 1.82) is 0 Å². The van der Waals surface area contributed by atoms with Crippen molar-refractivity contribution in [2.24, 2.45) is 0 Å². The van der Waals surface area contributed by atoms with Crippen LogP contribution in [0.4, 0.5) is 4.79 Å². The number of ether oxygens (including phenoxy) is 1. The number of urea groups is 1. The van der Waals surface area contributed by atoms with Gasteiger partial charge in [-0.1, -0.05) is 0 Å². The third kappa shape index (κ3) is 2.34. The molecule has 13 heavy (non-hydrogen) atoms. The van der Waals surface area contributed by atoms with Crippen LogP contribution < -0.4 is 5.32 Å². The van der Waals surface area contributed by atoms with E-state index in [9.17, 15) is 4.79 Å². The number of carbonyl (C=O) groups excluding carboxylic acids is 1. The lowest BCUT2D eigenvalue weighted by Crippen LogP contribution is -2.49. The normalized spacial score (nSPS) is 28.7. The molecule has 0 saturated carbocycles. The molecule has 76 valence electrons. The maximum absolute atomic E-state index is 11.3. The molecule has 0 aliphatic carbocycles. The summed E-state index contributed by atoms with van der Waals surface area (Å²) in [7, 11) is 3.39. The van der Waals surface area contributed by atoms with Gasteiger partial charge >= 0.3 is 6.03 Å². The maximum atomic E-state index is 11.3. The third-order valence-corrected chi connectivity index (χ3v) is 2.64. The Labute approximate surface area is 79.2 Å². The van der Waals surface area contributed by atoms with E-state index >= 15 is 0 Å². The standard InChI is InChI=1S/C9H18N2O2/c1-7-6-8(13-3)4-5-11(7)9(12)10-2/h7-8H,4-6H2,1-3H3,(H,10,12). The number of nitrogens with one attached hydrogen (secondary N) is 1. The largest absolute Gasteiger partial charge is 0.381 e. The molecule has 2 amide bonds. The van der Waals surface area contributed by atoms with Gasteiger partial charge in [-0.15, -0.1) is 0 Å². The Morgan fingerprint density at radius 2 is 2.31 bits per heavy atom. The lowest BCUT2D eigenvalue weighted by Gasteiger charge is -2.36. The minimum atomic E-state index is 0.0158. The first-order chi connectivity index (χ1) is 6.19. The van der Waals surface area contributed by atoms with Gasteiger partial charge in [-0.05, 0) is 19.8 Å². The summed E-state index contributed by atoms with van der Waals surface area (Å²) in [5.41, 5.74) is 0. The summed E-state index contributed by atoms with van der Waals surface area (Å²) in [6.45, 7) is 2.85. The van der Waals surface area contributed by atoms with E-state index in [0.29, 0.717) is 6.10 Å². The Bertz CT molecular complexity index is 184. The van der Waals surface area contributed by atoms with E-state index in [1.165, 1.54) is 0 Å². The molecule has 0 aromatic carbocycles. The van der Waals surface area contributed by atoms with Gasteiger partial charge < -0.3 is 15.0 Å². The van der Waals surface area contributed by atoms with E-state index in [-0.39, 0.29) is 12.1 Å². The van der Waals surface area contributed by atoms with Crippen molar-refractivity contribution < 1.29 is 9.53 Å². The van der Waals surface area contributed by atoms with Gasteiger partial charge in [0.15, 0.2) is 0 Å². The highest BCUT2D eigenvalue weighted by atomic mass is 16.5. The smallest absolute Gasteiger partial charge is 0.317 e. The van der Waals surface area contributed by atoms with Crippen molar-refractivity contribution in [3.8, 4) is 0 Å². The summed E-state index contributed by atoms with van der Waals surface area (Å²) in [6, 6.07) is 0.292. The number of amides is 2. The Kier molecular flexibility index (Phi) is 3.54. The van der Waals surface area contributed by atoms with Crippen molar-refractivity contribution in [3.05, 3.63) is 0 Å². The number of rotatable bonds is 1. The van der Waals surface area contributed by atoms with Crippen molar-refractivity contribution in [2.75, 3.05) is 20.7 Å². The van der Waals surface area contributed by atoms with Gasteiger partial charge in [-0.2, -0.15) is 0 Å². The molecule has 0 bridgehead atoms. The quantitative estimate of drug-likeness (QED) is 0.659. The van der Waals surface area contributed by atoms with Crippen LogP contribution in [0.2, 0.25) is 0 Å². The molecule has 1 fully saturated rings. The van der Waals surface area contributed by atoms with Gasteiger partial charge in [0.25, 0.3) is 0 Å². The molecule has 1 N–H and O–H groups in total. The lowest BCUT2D eigenvalue weighted by atomic mass is 10.0. The SMILES string of the molecule is CNC(=O)N1CCC(OC)CC1C. The minimum absolute atomic E-state index is 0.0158. The zero-order valence-electron chi connectivity index (χ0n) is 8.54. The summed E-state index contributed by atoms with van der Waals surface area (Å²) >= 11 is 0. The molecule has 1 heterocycles. The van der Waals surface area contributed by atoms with Crippen molar-refractivity contribution in [2.45, 2.75) is 31.9 Å². The van der Waals surface area contributed by atoms with Crippen molar-refractivity contribution in [3.63, 3.8) is 0 Å². The van der Waals surface area contributed by atoms with E-state index in [2.05, 4.69) is 12.2 Å². The Morgan fingerprint density at radius 3 is 2.77 bits per heavy atom.